The lowest BCUT2D eigenvalue weighted by Gasteiger charge is -2.22. The standard InChI is InChI=1S/C16H20FNO3/c17-13-6-2-1-5-12(13)7-10-18-14(19)11-16(15(20)21)8-3-4-9-16/h1-2,5-6H,3-4,7-11H2,(H,18,19)(H,20,21). The number of halogens is 1. The summed E-state index contributed by atoms with van der Waals surface area (Å²) in [4.78, 5) is 23.3. The van der Waals surface area contributed by atoms with Crippen LogP contribution >= 0.6 is 0 Å². The zero-order valence-electron chi connectivity index (χ0n) is 11.9. The van der Waals surface area contributed by atoms with Crippen molar-refractivity contribution in [3.8, 4) is 0 Å². The van der Waals surface area contributed by atoms with E-state index in [1.807, 2.05) is 0 Å². The summed E-state index contributed by atoms with van der Waals surface area (Å²) < 4.78 is 13.4. The molecule has 21 heavy (non-hydrogen) atoms. The molecule has 0 atom stereocenters. The number of rotatable bonds is 6. The Morgan fingerprint density at radius 3 is 2.52 bits per heavy atom. The first-order valence-corrected chi connectivity index (χ1v) is 7.27. The SMILES string of the molecule is O=C(CC1(C(=O)O)CCCC1)NCCc1ccccc1F. The predicted octanol–water partition coefficient (Wildman–Crippen LogP) is 2.52. The molecule has 1 fully saturated rings. The molecule has 4 nitrogen and oxygen atoms in total. The van der Waals surface area contributed by atoms with Gasteiger partial charge in [-0.15, -0.1) is 0 Å². The number of amides is 1. The van der Waals surface area contributed by atoms with Gasteiger partial charge in [0.2, 0.25) is 5.91 Å². The minimum atomic E-state index is -0.901. The van der Waals surface area contributed by atoms with Crippen molar-refractivity contribution in [2.45, 2.75) is 38.5 Å². The van der Waals surface area contributed by atoms with Crippen LogP contribution < -0.4 is 5.32 Å². The van der Waals surface area contributed by atoms with E-state index in [9.17, 15) is 19.1 Å². The van der Waals surface area contributed by atoms with E-state index in [2.05, 4.69) is 5.32 Å². The third kappa shape index (κ3) is 3.80. The fourth-order valence-electron chi connectivity index (χ4n) is 2.93. The summed E-state index contributed by atoms with van der Waals surface area (Å²) in [5.41, 5.74) is -0.353. The second-order valence-corrected chi connectivity index (χ2v) is 5.66. The van der Waals surface area contributed by atoms with Gasteiger partial charge in [0, 0.05) is 13.0 Å². The van der Waals surface area contributed by atoms with Gasteiger partial charge in [-0.25, -0.2) is 4.39 Å². The number of carboxylic acids is 1. The van der Waals surface area contributed by atoms with E-state index in [4.69, 9.17) is 0 Å². The Hall–Kier alpha value is -1.91. The number of carbonyl (C=O) groups excluding carboxylic acids is 1. The highest BCUT2D eigenvalue weighted by atomic mass is 19.1. The maximum atomic E-state index is 13.4. The molecule has 2 rings (SSSR count). The Labute approximate surface area is 123 Å². The minimum absolute atomic E-state index is 0.0135. The van der Waals surface area contributed by atoms with E-state index < -0.39 is 11.4 Å². The summed E-state index contributed by atoms with van der Waals surface area (Å²) in [6.07, 6.45) is 3.24. The molecule has 0 aromatic heterocycles. The highest BCUT2D eigenvalue weighted by Crippen LogP contribution is 2.41. The van der Waals surface area contributed by atoms with Crippen molar-refractivity contribution in [2.75, 3.05) is 6.54 Å². The third-order valence-electron chi connectivity index (χ3n) is 4.19. The van der Waals surface area contributed by atoms with Crippen molar-refractivity contribution in [3.63, 3.8) is 0 Å². The van der Waals surface area contributed by atoms with Crippen molar-refractivity contribution in [2.24, 2.45) is 5.41 Å². The molecule has 0 heterocycles. The number of aliphatic carboxylic acids is 1. The number of hydrogen-bond donors (Lipinski definition) is 2. The smallest absolute Gasteiger partial charge is 0.310 e. The molecule has 0 spiro atoms. The lowest BCUT2D eigenvalue weighted by molar-refractivity contribution is -0.151. The number of benzene rings is 1. The molecule has 0 aliphatic heterocycles. The van der Waals surface area contributed by atoms with Crippen LogP contribution in [0.25, 0.3) is 0 Å². The molecular formula is C16H20FNO3. The molecule has 0 unspecified atom stereocenters. The first-order valence-electron chi connectivity index (χ1n) is 7.27. The van der Waals surface area contributed by atoms with Gasteiger partial charge in [0.25, 0.3) is 0 Å². The summed E-state index contributed by atoms with van der Waals surface area (Å²) in [6.45, 7) is 0.315. The van der Waals surface area contributed by atoms with Gasteiger partial charge in [-0.05, 0) is 30.9 Å². The number of nitrogens with one attached hydrogen (secondary N) is 1. The maximum Gasteiger partial charge on any atom is 0.310 e. The minimum Gasteiger partial charge on any atom is -0.481 e. The van der Waals surface area contributed by atoms with Crippen LogP contribution in [-0.4, -0.2) is 23.5 Å². The van der Waals surface area contributed by atoms with E-state index in [0.29, 0.717) is 31.4 Å². The van der Waals surface area contributed by atoms with Gasteiger partial charge >= 0.3 is 5.97 Å². The molecule has 2 N–H and O–H groups in total. The largest absolute Gasteiger partial charge is 0.481 e. The van der Waals surface area contributed by atoms with E-state index in [-0.39, 0.29) is 18.1 Å². The van der Waals surface area contributed by atoms with Crippen molar-refractivity contribution in [1.29, 1.82) is 0 Å². The molecule has 0 saturated heterocycles. The molecule has 5 heteroatoms. The normalized spacial score (nSPS) is 16.6. The number of carboxylic acid groups (broad SMARTS) is 1. The molecule has 1 aromatic carbocycles. The van der Waals surface area contributed by atoms with Crippen LogP contribution in [0, 0.1) is 11.2 Å². The van der Waals surface area contributed by atoms with Crippen molar-refractivity contribution < 1.29 is 19.1 Å². The Bertz CT molecular complexity index is 524. The fraction of sp³-hybridized carbons (Fsp3) is 0.500. The molecule has 0 radical (unpaired) electrons. The van der Waals surface area contributed by atoms with Gasteiger partial charge in [0.1, 0.15) is 5.82 Å². The lowest BCUT2D eigenvalue weighted by atomic mass is 9.82. The van der Waals surface area contributed by atoms with Crippen LogP contribution in [0.2, 0.25) is 0 Å². The van der Waals surface area contributed by atoms with Gasteiger partial charge in [-0.3, -0.25) is 9.59 Å². The molecule has 114 valence electrons. The fourth-order valence-corrected chi connectivity index (χ4v) is 2.93. The molecule has 1 aromatic rings. The summed E-state index contributed by atoms with van der Waals surface area (Å²) in [5, 5.41) is 12.0. The van der Waals surface area contributed by atoms with Gasteiger partial charge in [-0.1, -0.05) is 31.0 Å². The summed E-state index contributed by atoms with van der Waals surface area (Å²) in [5.74, 6) is -1.44. The van der Waals surface area contributed by atoms with E-state index in [0.717, 1.165) is 12.8 Å². The Morgan fingerprint density at radius 1 is 1.24 bits per heavy atom. The zero-order valence-corrected chi connectivity index (χ0v) is 11.9. The second-order valence-electron chi connectivity index (χ2n) is 5.66. The highest BCUT2D eigenvalue weighted by Gasteiger charge is 2.42. The third-order valence-corrected chi connectivity index (χ3v) is 4.19. The molecule has 1 saturated carbocycles. The van der Waals surface area contributed by atoms with E-state index in [1.54, 1.807) is 18.2 Å². The van der Waals surface area contributed by atoms with Crippen LogP contribution in [0.15, 0.2) is 24.3 Å². The molecule has 1 aliphatic rings. The van der Waals surface area contributed by atoms with Gasteiger partial charge in [-0.2, -0.15) is 0 Å². The monoisotopic (exact) mass is 293 g/mol. The quantitative estimate of drug-likeness (QED) is 0.847. The zero-order chi connectivity index (χ0) is 15.3. The van der Waals surface area contributed by atoms with E-state index >= 15 is 0 Å². The van der Waals surface area contributed by atoms with Crippen LogP contribution in [0.3, 0.4) is 0 Å². The summed E-state index contributed by atoms with van der Waals surface area (Å²) in [7, 11) is 0. The maximum absolute atomic E-state index is 13.4. The van der Waals surface area contributed by atoms with Gasteiger partial charge in [0.05, 0.1) is 5.41 Å². The predicted molar refractivity (Wildman–Crippen MR) is 76.3 cm³/mol. The van der Waals surface area contributed by atoms with Gasteiger partial charge in [0.15, 0.2) is 0 Å². The van der Waals surface area contributed by atoms with Crippen molar-refractivity contribution in [3.05, 3.63) is 35.6 Å². The summed E-state index contributed by atoms with van der Waals surface area (Å²) >= 11 is 0. The highest BCUT2D eigenvalue weighted by molar-refractivity contribution is 5.85. The first-order chi connectivity index (χ1) is 10.0. The molecule has 0 bridgehead atoms. The Morgan fingerprint density at radius 2 is 1.90 bits per heavy atom. The van der Waals surface area contributed by atoms with Gasteiger partial charge < -0.3 is 10.4 Å². The lowest BCUT2D eigenvalue weighted by Crippen LogP contribution is -2.36. The summed E-state index contributed by atoms with van der Waals surface area (Å²) in [6, 6.07) is 6.43. The molecule has 1 aliphatic carbocycles. The van der Waals surface area contributed by atoms with Crippen LogP contribution in [0.5, 0.6) is 0 Å². The number of hydrogen-bond acceptors (Lipinski definition) is 2. The topological polar surface area (TPSA) is 66.4 Å². The molecule has 1 amide bonds. The van der Waals surface area contributed by atoms with Crippen LogP contribution in [0.4, 0.5) is 4.39 Å². The average molecular weight is 293 g/mol. The van der Waals surface area contributed by atoms with E-state index in [1.165, 1.54) is 6.07 Å². The first kappa shape index (κ1) is 15.5. The van der Waals surface area contributed by atoms with Crippen LogP contribution in [0.1, 0.15) is 37.7 Å². The average Bonchev–Trinajstić information content (AvgIpc) is 2.91. The Kier molecular flexibility index (Phi) is 4.94. The number of carbonyl (C=O) groups is 2. The van der Waals surface area contributed by atoms with Crippen molar-refractivity contribution in [1.82, 2.24) is 5.32 Å². The van der Waals surface area contributed by atoms with Crippen molar-refractivity contribution >= 4 is 11.9 Å². The van der Waals surface area contributed by atoms with Crippen LogP contribution in [-0.2, 0) is 16.0 Å². The Balaban J connectivity index is 1.82. The molecular weight excluding hydrogens is 273 g/mol. The second kappa shape index (κ2) is 6.70.